The van der Waals surface area contributed by atoms with E-state index in [0.717, 1.165) is 11.1 Å². The lowest BCUT2D eigenvalue weighted by Crippen LogP contribution is -2.28. The minimum absolute atomic E-state index is 0.375. The van der Waals surface area contributed by atoms with Crippen LogP contribution in [0.3, 0.4) is 0 Å². The van der Waals surface area contributed by atoms with Crippen molar-refractivity contribution in [3.05, 3.63) is 47.7 Å². The van der Waals surface area contributed by atoms with Crippen molar-refractivity contribution in [2.75, 3.05) is 0 Å². The van der Waals surface area contributed by atoms with Crippen molar-refractivity contribution in [1.82, 2.24) is 4.98 Å². The van der Waals surface area contributed by atoms with Crippen LogP contribution < -0.4 is 4.18 Å². The van der Waals surface area contributed by atoms with Gasteiger partial charge in [-0.2, -0.15) is 21.6 Å². The van der Waals surface area contributed by atoms with Gasteiger partial charge in [0, 0.05) is 17.2 Å². The van der Waals surface area contributed by atoms with Crippen LogP contribution in [-0.2, 0) is 15.5 Å². The molecule has 3 rings (SSSR count). The van der Waals surface area contributed by atoms with Gasteiger partial charge in [-0.05, 0) is 29.3 Å². The molecule has 0 spiro atoms. The maximum absolute atomic E-state index is 12.4. The Hall–Kier alpha value is -2.09. The van der Waals surface area contributed by atoms with Crippen molar-refractivity contribution in [2.24, 2.45) is 0 Å². The van der Waals surface area contributed by atoms with E-state index in [1.54, 1.807) is 18.3 Å². The lowest BCUT2D eigenvalue weighted by Gasteiger charge is -2.20. The number of halogens is 3. The third kappa shape index (κ3) is 2.37. The van der Waals surface area contributed by atoms with E-state index in [2.05, 4.69) is 9.17 Å². The first-order valence-corrected chi connectivity index (χ1v) is 8.06. The van der Waals surface area contributed by atoms with E-state index in [1.165, 1.54) is 12.1 Å². The van der Waals surface area contributed by atoms with Gasteiger partial charge in [0.1, 0.15) is 5.75 Å². The van der Waals surface area contributed by atoms with Gasteiger partial charge in [-0.1, -0.05) is 26.0 Å². The van der Waals surface area contributed by atoms with Crippen molar-refractivity contribution >= 4 is 10.1 Å². The second kappa shape index (κ2) is 4.70. The first-order valence-electron chi connectivity index (χ1n) is 6.65. The van der Waals surface area contributed by atoms with E-state index < -0.39 is 21.4 Å². The molecule has 8 heteroatoms. The predicted octanol–water partition coefficient (Wildman–Crippen LogP) is 3.62. The molecule has 1 aliphatic rings. The number of pyridine rings is 1. The molecule has 2 aromatic rings. The standard InChI is InChI=1S/C15H12F3NO3S/c1-14(2)11-6-5-9(22-23(20,21)15(16,17)18)8-10(11)13-12(14)4-3-7-19-13/h3-8H,1-2H3. The number of alkyl halides is 3. The van der Waals surface area contributed by atoms with Gasteiger partial charge in [0.25, 0.3) is 0 Å². The normalized spacial score (nSPS) is 15.9. The van der Waals surface area contributed by atoms with Crippen molar-refractivity contribution in [3.8, 4) is 17.0 Å². The second-order valence-electron chi connectivity index (χ2n) is 5.72. The van der Waals surface area contributed by atoms with Crippen molar-refractivity contribution in [1.29, 1.82) is 0 Å². The Balaban J connectivity index is 2.10. The minimum Gasteiger partial charge on any atom is -0.376 e. The number of aromatic nitrogens is 1. The van der Waals surface area contributed by atoms with Gasteiger partial charge in [-0.3, -0.25) is 4.98 Å². The van der Waals surface area contributed by atoms with Crippen LogP contribution in [0.5, 0.6) is 5.75 Å². The van der Waals surface area contributed by atoms with Crippen LogP contribution in [0.25, 0.3) is 11.3 Å². The Morgan fingerprint density at radius 1 is 1.13 bits per heavy atom. The number of benzene rings is 1. The molecule has 0 fully saturated rings. The molecule has 0 N–H and O–H groups in total. The van der Waals surface area contributed by atoms with E-state index >= 15 is 0 Å². The second-order valence-corrected chi connectivity index (χ2v) is 7.25. The maximum atomic E-state index is 12.4. The van der Waals surface area contributed by atoms with Crippen LogP contribution in [0.4, 0.5) is 13.2 Å². The fourth-order valence-corrected chi connectivity index (χ4v) is 3.21. The van der Waals surface area contributed by atoms with Crippen LogP contribution in [0.2, 0.25) is 0 Å². The zero-order chi connectivity index (χ0) is 17.0. The molecule has 1 aliphatic carbocycles. The average molecular weight is 343 g/mol. The molecule has 23 heavy (non-hydrogen) atoms. The molecule has 0 amide bonds. The molecule has 0 radical (unpaired) electrons. The summed E-state index contributed by atoms with van der Waals surface area (Å²) in [6.45, 7) is 3.93. The Bertz CT molecular complexity index is 889. The summed E-state index contributed by atoms with van der Waals surface area (Å²) < 4.78 is 63.7. The van der Waals surface area contributed by atoms with E-state index in [1.807, 2.05) is 19.9 Å². The Kier molecular flexibility index (Phi) is 3.23. The van der Waals surface area contributed by atoms with E-state index in [0.29, 0.717) is 11.3 Å². The summed E-state index contributed by atoms with van der Waals surface area (Å²) in [5.41, 5.74) is -2.89. The third-order valence-electron chi connectivity index (χ3n) is 3.89. The van der Waals surface area contributed by atoms with Crippen LogP contribution >= 0.6 is 0 Å². The molecule has 0 saturated heterocycles. The molecule has 0 unspecified atom stereocenters. The zero-order valence-corrected chi connectivity index (χ0v) is 13.0. The number of hydrogen-bond acceptors (Lipinski definition) is 4. The molecule has 4 nitrogen and oxygen atoms in total. The molecule has 0 aliphatic heterocycles. The molecule has 122 valence electrons. The fourth-order valence-electron chi connectivity index (χ4n) is 2.76. The highest BCUT2D eigenvalue weighted by molar-refractivity contribution is 7.88. The SMILES string of the molecule is CC1(C)c2ccc(OS(=O)(=O)C(F)(F)F)cc2-c2ncccc21. The molecule has 1 aromatic heterocycles. The van der Waals surface area contributed by atoms with E-state index in [-0.39, 0.29) is 5.41 Å². The topological polar surface area (TPSA) is 56.3 Å². The molecule has 1 heterocycles. The molecule has 0 atom stereocenters. The monoisotopic (exact) mass is 343 g/mol. The van der Waals surface area contributed by atoms with Gasteiger partial charge < -0.3 is 4.18 Å². The summed E-state index contributed by atoms with van der Waals surface area (Å²) in [6, 6.07) is 7.72. The lowest BCUT2D eigenvalue weighted by molar-refractivity contribution is -0.0500. The van der Waals surface area contributed by atoms with Gasteiger partial charge in [-0.25, -0.2) is 0 Å². The summed E-state index contributed by atoms with van der Waals surface area (Å²) in [5, 5.41) is 0. The quantitative estimate of drug-likeness (QED) is 0.617. The summed E-state index contributed by atoms with van der Waals surface area (Å²) in [4.78, 5) is 4.26. The highest BCUT2D eigenvalue weighted by Crippen LogP contribution is 2.48. The molecular weight excluding hydrogens is 331 g/mol. The first-order chi connectivity index (χ1) is 10.5. The van der Waals surface area contributed by atoms with Gasteiger partial charge in [-0.15, -0.1) is 0 Å². The summed E-state index contributed by atoms with van der Waals surface area (Å²) in [6.07, 6.45) is 1.57. The number of rotatable bonds is 2. The van der Waals surface area contributed by atoms with Gasteiger partial charge in [0.2, 0.25) is 0 Å². The van der Waals surface area contributed by atoms with Gasteiger partial charge in [0.05, 0.1) is 5.69 Å². The minimum atomic E-state index is -5.69. The van der Waals surface area contributed by atoms with Crippen LogP contribution in [0.15, 0.2) is 36.5 Å². The van der Waals surface area contributed by atoms with Gasteiger partial charge >= 0.3 is 15.6 Å². The highest BCUT2D eigenvalue weighted by atomic mass is 32.2. The highest BCUT2D eigenvalue weighted by Gasteiger charge is 2.48. The van der Waals surface area contributed by atoms with Crippen molar-refractivity contribution in [2.45, 2.75) is 24.8 Å². The number of hydrogen-bond donors (Lipinski definition) is 0. The predicted molar refractivity (Wildman–Crippen MR) is 77.4 cm³/mol. The summed E-state index contributed by atoms with van der Waals surface area (Å²) in [5.74, 6) is -0.393. The maximum Gasteiger partial charge on any atom is 0.534 e. The van der Waals surface area contributed by atoms with Crippen molar-refractivity contribution in [3.63, 3.8) is 0 Å². The fraction of sp³-hybridized carbons (Fsp3) is 0.267. The molecule has 0 saturated carbocycles. The Labute approximate surface area is 131 Å². The van der Waals surface area contributed by atoms with Crippen LogP contribution in [0, 0.1) is 0 Å². The van der Waals surface area contributed by atoms with Crippen molar-refractivity contribution < 1.29 is 25.8 Å². The molecule has 0 bridgehead atoms. The largest absolute Gasteiger partial charge is 0.534 e. The number of fused-ring (bicyclic) bond motifs is 3. The van der Waals surface area contributed by atoms with Crippen LogP contribution in [-0.4, -0.2) is 18.9 Å². The molecular formula is C15H12F3NO3S. The van der Waals surface area contributed by atoms with Crippen LogP contribution in [0.1, 0.15) is 25.0 Å². The average Bonchev–Trinajstić information content (AvgIpc) is 2.66. The summed E-state index contributed by atoms with van der Waals surface area (Å²) in [7, 11) is -5.69. The van der Waals surface area contributed by atoms with E-state index in [9.17, 15) is 21.6 Å². The number of nitrogens with zero attached hydrogens (tertiary/aromatic N) is 1. The summed E-state index contributed by atoms with van der Waals surface area (Å²) >= 11 is 0. The zero-order valence-electron chi connectivity index (χ0n) is 12.2. The van der Waals surface area contributed by atoms with Gasteiger partial charge in [0.15, 0.2) is 0 Å². The first kappa shape index (κ1) is 15.8. The Morgan fingerprint density at radius 2 is 1.83 bits per heavy atom. The molecule has 1 aromatic carbocycles. The van der Waals surface area contributed by atoms with E-state index in [4.69, 9.17) is 0 Å². The lowest BCUT2D eigenvalue weighted by atomic mass is 9.83. The smallest absolute Gasteiger partial charge is 0.376 e. The third-order valence-corrected chi connectivity index (χ3v) is 4.87. The Morgan fingerprint density at radius 3 is 2.48 bits per heavy atom.